The molecule has 1 aliphatic heterocycles. The summed E-state index contributed by atoms with van der Waals surface area (Å²) in [5.74, 6) is 0.0481. The number of piperidine rings is 1. The van der Waals surface area contributed by atoms with Crippen LogP contribution in [0, 0.1) is 6.92 Å². The van der Waals surface area contributed by atoms with Gasteiger partial charge in [0, 0.05) is 11.6 Å². The molecule has 1 fully saturated rings. The SMILES string of the molecule is Cc1ccc(C(=O)NC2CCNCC2)cc1.[LiH]. The summed E-state index contributed by atoms with van der Waals surface area (Å²) in [6.45, 7) is 4.02. The zero-order valence-electron chi connectivity index (χ0n) is 9.62. The van der Waals surface area contributed by atoms with Crippen molar-refractivity contribution < 1.29 is 4.79 Å². The van der Waals surface area contributed by atoms with Crippen molar-refractivity contribution >= 4 is 24.8 Å². The summed E-state index contributed by atoms with van der Waals surface area (Å²) >= 11 is 0. The van der Waals surface area contributed by atoms with E-state index in [0.717, 1.165) is 31.5 Å². The van der Waals surface area contributed by atoms with E-state index in [9.17, 15) is 4.79 Å². The molecule has 88 valence electrons. The Morgan fingerprint density at radius 2 is 1.82 bits per heavy atom. The number of hydrogen-bond donors (Lipinski definition) is 2. The Morgan fingerprint density at radius 3 is 2.41 bits per heavy atom. The molecule has 0 spiro atoms. The predicted octanol–water partition coefficient (Wildman–Crippen LogP) is 0.828. The number of carbonyl (C=O) groups excluding carboxylic acids is 1. The summed E-state index contributed by atoms with van der Waals surface area (Å²) in [6, 6.07) is 8.03. The van der Waals surface area contributed by atoms with Gasteiger partial charge in [-0.2, -0.15) is 0 Å². The topological polar surface area (TPSA) is 41.1 Å². The number of amides is 1. The van der Waals surface area contributed by atoms with Crippen molar-refractivity contribution in [1.82, 2.24) is 10.6 Å². The van der Waals surface area contributed by atoms with E-state index in [0.29, 0.717) is 6.04 Å². The number of aryl methyl sites for hydroxylation is 1. The molecule has 0 aliphatic carbocycles. The summed E-state index contributed by atoms with van der Waals surface area (Å²) in [5, 5.41) is 6.36. The van der Waals surface area contributed by atoms with Crippen LogP contribution in [0.1, 0.15) is 28.8 Å². The molecule has 2 rings (SSSR count). The third-order valence-corrected chi connectivity index (χ3v) is 2.99. The van der Waals surface area contributed by atoms with Crippen LogP contribution in [0.15, 0.2) is 24.3 Å². The Bertz CT molecular complexity index is 358. The van der Waals surface area contributed by atoms with Crippen LogP contribution >= 0.6 is 0 Å². The third-order valence-electron chi connectivity index (χ3n) is 2.99. The number of carbonyl (C=O) groups is 1. The molecule has 2 N–H and O–H groups in total. The molecule has 0 radical (unpaired) electrons. The first-order valence-electron chi connectivity index (χ1n) is 5.84. The molecule has 1 aromatic rings. The van der Waals surface area contributed by atoms with Gasteiger partial charge in [-0.3, -0.25) is 4.79 Å². The van der Waals surface area contributed by atoms with Crippen LogP contribution in [0.5, 0.6) is 0 Å². The minimum absolute atomic E-state index is 0. The molecule has 1 aromatic carbocycles. The minimum atomic E-state index is 0. The molecule has 0 aromatic heterocycles. The monoisotopic (exact) mass is 226 g/mol. The second-order valence-corrected chi connectivity index (χ2v) is 4.36. The molecular weight excluding hydrogens is 207 g/mol. The van der Waals surface area contributed by atoms with Crippen LogP contribution in [0.4, 0.5) is 0 Å². The first-order valence-corrected chi connectivity index (χ1v) is 5.84. The van der Waals surface area contributed by atoms with Crippen molar-refractivity contribution in [2.45, 2.75) is 25.8 Å². The van der Waals surface area contributed by atoms with Gasteiger partial charge in [0.05, 0.1) is 0 Å². The number of hydrogen-bond acceptors (Lipinski definition) is 2. The van der Waals surface area contributed by atoms with Gasteiger partial charge in [0.25, 0.3) is 5.91 Å². The molecule has 0 unspecified atom stereocenters. The van der Waals surface area contributed by atoms with Crippen molar-refractivity contribution in [1.29, 1.82) is 0 Å². The molecule has 17 heavy (non-hydrogen) atoms. The van der Waals surface area contributed by atoms with Crippen LogP contribution in [0.3, 0.4) is 0 Å². The van der Waals surface area contributed by atoms with E-state index in [1.165, 1.54) is 5.56 Å². The molecule has 0 atom stereocenters. The van der Waals surface area contributed by atoms with Gasteiger partial charge in [-0.1, -0.05) is 17.7 Å². The molecule has 1 amide bonds. The standard InChI is InChI=1S/C13H18N2O.Li.H/c1-10-2-4-11(5-3-10)13(16)15-12-6-8-14-9-7-12;;/h2-5,12,14H,6-9H2,1H3,(H,15,16);;. The molecule has 1 heterocycles. The first-order chi connectivity index (χ1) is 7.75. The maximum absolute atomic E-state index is 11.9. The van der Waals surface area contributed by atoms with E-state index in [-0.39, 0.29) is 24.8 Å². The second kappa shape index (κ2) is 6.86. The van der Waals surface area contributed by atoms with Crippen molar-refractivity contribution in [2.75, 3.05) is 13.1 Å². The van der Waals surface area contributed by atoms with Crippen LogP contribution < -0.4 is 10.6 Å². The summed E-state index contributed by atoms with van der Waals surface area (Å²) in [6.07, 6.45) is 2.05. The number of nitrogens with one attached hydrogen (secondary N) is 2. The summed E-state index contributed by atoms with van der Waals surface area (Å²) in [7, 11) is 0. The van der Waals surface area contributed by atoms with Crippen LogP contribution in [0.2, 0.25) is 0 Å². The quantitative estimate of drug-likeness (QED) is 0.733. The molecule has 1 aliphatic rings. The third kappa shape index (κ3) is 4.20. The van der Waals surface area contributed by atoms with Crippen molar-refractivity contribution in [3.05, 3.63) is 35.4 Å². The molecule has 3 nitrogen and oxygen atoms in total. The van der Waals surface area contributed by atoms with Gasteiger partial charge in [0.15, 0.2) is 0 Å². The summed E-state index contributed by atoms with van der Waals surface area (Å²) < 4.78 is 0. The summed E-state index contributed by atoms with van der Waals surface area (Å²) in [5.41, 5.74) is 1.93. The van der Waals surface area contributed by atoms with E-state index in [1.807, 2.05) is 31.2 Å². The zero-order chi connectivity index (χ0) is 11.4. The second-order valence-electron chi connectivity index (χ2n) is 4.36. The Balaban J connectivity index is 0.00000144. The first kappa shape index (κ1) is 14.3. The van der Waals surface area contributed by atoms with Crippen molar-refractivity contribution in [3.63, 3.8) is 0 Å². The normalized spacial score (nSPS) is 16.1. The molecule has 4 heteroatoms. The van der Waals surface area contributed by atoms with Crippen molar-refractivity contribution in [2.24, 2.45) is 0 Å². The Hall–Kier alpha value is -0.753. The number of rotatable bonds is 2. The average molecular weight is 226 g/mol. The van der Waals surface area contributed by atoms with Gasteiger partial charge in [0.2, 0.25) is 0 Å². The van der Waals surface area contributed by atoms with Crippen LogP contribution in [-0.2, 0) is 0 Å². The molecule has 0 bridgehead atoms. The van der Waals surface area contributed by atoms with E-state index in [1.54, 1.807) is 0 Å². The van der Waals surface area contributed by atoms with E-state index < -0.39 is 0 Å². The van der Waals surface area contributed by atoms with Crippen LogP contribution in [-0.4, -0.2) is 43.9 Å². The van der Waals surface area contributed by atoms with Gasteiger partial charge in [-0.05, 0) is 45.0 Å². The molecule has 1 saturated heterocycles. The van der Waals surface area contributed by atoms with Gasteiger partial charge < -0.3 is 10.6 Å². The molecular formula is C13H19LiN2O. The Kier molecular flexibility index (Phi) is 5.77. The Labute approximate surface area is 115 Å². The fourth-order valence-corrected chi connectivity index (χ4v) is 1.94. The Morgan fingerprint density at radius 1 is 1.24 bits per heavy atom. The van der Waals surface area contributed by atoms with Crippen molar-refractivity contribution in [3.8, 4) is 0 Å². The van der Waals surface area contributed by atoms with Gasteiger partial charge in [-0.15, -0.1) is 0 Å². The number of benzene rings is 1. The average Bonchev–Trinajstić information content (AvgIpc) is 2.31. The fraction of sp³-hybridized carbons (Fsp3) is 0.462. The van der Waals surface area contributed by atoms with Gasteiger partial charge in [-0.25, -0.2) is 0 Å². The van der Waals surface area contributed by atoms with Gasteiger partial charge in [0.1, 0.15) is 0 Å². The van der Waals surface area contributed by atoms with E-state index in [2.05, 4.69) is 10.6 Å². The zero-order valence-corrected chi connectivity index (χ0v) is 9.62. The van der Waals surface area contributed by atoms with Gasteiger partial charge >= 0.3 is 18.9 Å². The van der Waals surface area contributed by atoms with E-state index in [4.69, 9.17) is 0 Å². The van der Waals surface area contributed by atoms with E-state index >= 15 is 0 Å². The fourth-order valence-electron chi connectivity index (χ4n) is 1.94. The molecule has 0 saturated carbocycles. The van der Waals surface area contributed by atoms with Crippen LogP contribution in [0.25, 0.3) is 0 Å². The summed E-state index contributed by atoms with van der Waals surface area (Å²) in [4.78, 5) is 11.9. The maximum atomic E-state index is 11.9. The predicted molar refractivity (Wildman–Crippen MR) is 71.7 cm³/mol.